The van der Waals surface area contributed by atoms with E-state index in [-0.39, 0.29) is 18.9 Å². The molecule has 2 heterocycles. The van der Waals surface area contributed by atoms with Gasteiger partial charge in [0.15, 0.2) is 5.78 Å². The summed E-state index contributed by atoms with van der Waals surface area (Å²) in [6, 6.07) is -0.681. The molecule has 2 fully saturated rings. The first-order chi connectivity index (χ1) is 6.11. The van der Waals surface area contributed by atoms with Gasteiger partial charge in [-0.25, -0.2) is 4.79 Å². The molecule has 1 N–H and O–H groups in total. The fourth-order valence-electron chi connectivity index (χ4n) is 1.79. The largest absolute Gasteiger partial charge is 0.465 e. The zero-order valence-electron chi connectivity index (χ0n) is 6.64. The fraction of sp³-hybridized carbons (Fsp3) is 0.714. The number of carbonyl (C=O) groups is 2. The van der Waals surface area contributed by atoms with Crippen LogP contribution in [0.3, 0.4) is 0 Å². The van der Waals surface area contributed by atoms with Crippen LogP contribution in [-0.4, -0.2) is 52.6 Å². The van der Waals surface area contributed by atoms with E-state index in [9.17, 15) is 9.59 Å². The van der Waals surface area contributed by atoms with Gasteiger partial charge in [0.05, 0.1) is 5.38 Å². The second-order valence-electron chi connectivity index (χ2n) is 3.14. The molecule has 2 aliphatic rings. The molecule has 3 atom stereocenters. The molecule has 0 radical (unpaired) electrons. The Morgan fingerprint density at radius 2 is 2.38 bits per heavy atom. The number of likely N-dealkylation sites (tertiary alicyclic amines) is 1. The van der Waals surface area contributed by atoms with Crippen LogP contribution in [0.4, 0.5) is 4.79 Å². The maximum Gasteiger partial charge on any atom is 0.408 e. The standard InChI is InChI=1S/C7H8ClNO4/c8-3-1-9(7(11)12)5-4(10)2-13-6(3)5/h3,5-6H,1-2H2,(H,11,12). The van der Waals surface area contributed by atoms with Gasteiger partial charge < -0.3 is 9.84 Å². The molecular weight excluding hydrogens is 198 g/mol. The minimum Gasteiger partial charge on any atom is -0.465 e. The number of hydrogen-bond acceptors (Lipinski definition) is 3. The summed E-state index contributed by atoms with van der Waals surface area (Å²) in [5.41, 5.74) is 0. The maximum atomic E-state index is 11.2. The molecule has 2 saturated heterocycles. The molecule has 0 aliphatic carbocycles. The first kappa shape index (κ1) is 8.77. The number of halogens is 1. The Labute approximate surface area is 79.2 Å². The van der Waals surface area contributed by atoms with Gasteiger partial charge in [-0.15, -0.1) is 11.6 Å². The number of hydrogen-bond donors (Lipinski definition) is 1. The van der Waals surface area contributed by atoms with E-state index in [1.165, 1.54) is 0 Å². The molecular formula is C7H8ClNO4. The SMILES string of the molecule is O=C1COC2C(Cl)CN(C(=O)O)C12. The van der Waals surface area contributed by atoms with E-state index >= 15 is 0 Å². The summed E-state index contributed by atoms with van der Waals surface area (Å²) in [5.74, 6) is -0.199. The highest BCUT2D eigenvalue weighted by Crippen LogP contribution is 2.30. The average Bonchev–Trinajstić information content (AvgIpc) is 2.55. The van der Waals surface area contributed by atoms with Crippen LogP contribution in [0.2, 0.25) is 0 Å². The van der Waals surface area contributed by atoms with Gasteiger partial charge in [0.25, 0.3) is 0 Å². The summed E-state index contributed by atoms with van der Waals surface area (Å²) in [4.78, 5) is 23.0. The van der Waals surface area contributed by atoms with Crippen molar-refractivity contribution in [2.75, 3.05) is 13.2 Å². The van der Waals surface area contributed by atoms with Crippen LogP contribution in [0.1, 0.15) is 0 Å². The zero-order chi connectivity index (χ0) is 9.59. The normalized spacial score (nSPS) is 38.1. The zero-order valence-corrected chi connectivity index (χ0v) is 7.40. The van der Waals surface area contributed by atoms with Crippen molar-refractivity contribution in [1.29, 1.82) is 0 Å². The number of ether oxygens (including phenoxy) is 1. The van der Waals surface area contributed by atoms with E-state index in [4.69, 9.17) is 21.4 Å². The molecule has 0 aromatic heterocycles. The lowest BCUT2D eigenvalue weighted by Gasteiger charge is -2.16. The number of carbonyl (C=O) groups excluding carboxylic acids is 1. The minimum atomic E-state index is -1.11. The fourth-order valence-corrected chi connectivity index (χ4v) is 2.15. The van der Waals surface area contributed by atoms with Crippen LogP contribution in [-0.2, 0) is 9.53 Å². The highest BCUT2D eigenvalue weighted by atomic mass is 35.5. The van der Waals surface area contributed by atoms with E-state index < -0.39 is 23.6 Å². The Kier molecular flexibility index (Phi) is 1.92. The van der Waals surface area contributed by atoms with Crippen LogP contribution >= 0.6 is 11.6 Å². The Balaban J connectivity index is 2.24. The molecule has 0 aromatic carbocycles. The highest BCUT2D eigenvalue weighted by molar-refractivity contribution is 6.22. The van der Waals surface area contributed by atoms with E-state index in [0.717, 1.165) is 4.90 Å². The predicted molar refractivity (Wildman–Crippen MR) is 42.9 cm³/mol. The van der Waals surface area contributed by atoms with Crippen molar-refractivity contribution < 1.29 is 19.4 Å². The van der Waals surface area contributed by atoms with Crippen LogP contribution in [0.25, 0.3) is 0 Å². The monoisotopic (exact) mass is 205 g/mol. The van der Waals surface area contributed by atoms with Gasteiger partial charge in [0.1, 0.15) is 18.8 Å². The number of ketones is 1. The van der Waals surface area contributed by atoms with E-state index in [1.54, 1.807) is 0 Å². The van der Waals surface area contributed by atoms with E-state index in [1.807, 2.05) is 0 Å². The van der Waals surface area contributed by atoms with Crippen molar-refractivity contribution in [3.05, 3.63) is 0 Å². The lowest BCUT2D eigenvalue weighted by molar-refractivity contribution is -0.120. The molecule has 0 spiro atoms. The van der Waals surface area contributed by atoms with Crippen LogP contribution in [0.5, 0.6) is 0 Å². The summed E-state index contributed by atoms with van der Waals surface area (Å²) in [6.07, 6.45) is -1.57. The number of fused-ring (bicyclic) bond motifs is 1. The van der Waals surface area contributed by atoms with Crippen molar-refractivity contribution in [3.63, 3.8) is 0 Å². The van der Waals surface area contributed by atoms with E-state index in [2.05, 4.69) is 0 Å². The number of nitrogens with zero attached hydrogens (tertiary/aromatic N) is 1. The highest BCUT2D eigenvalue weighted by Gasteiger charge is 2.51. The third-order valence-corrected chi connectivity index (χ3v) is 2.75. The number of rotatable bonds is 0. The Hall–Kier alpha value is -0.810. The predicted octanol–water partition coefficient (Wildman–Crippen LogP) is -0.0761. The third-order valence-electron chi connectivity index (χ3n) is 2.37. The molecule has 5 nitrogen and oxygen atoms in total. The van der Waals surface area contributed by atoms with Gasteiger partial charge in [0.2, 0.25) is 0 Å². The maximum absolute atomic E-state index is 11.2. The number of Topliss-reactive ketones (excluding diaryl/α,β-unsaturated/α-hetero) is 1. The summed E-state index contributed by atoms with van der Waals surface area (Å²) in [7, 11) is 0. The summed E-state index contributed by atoms with van der Waals surface area (Å²) < 4.78 is 5.10. The Morgan fingerprint density at radius 1 is 1.69 bits per heavy atom. The molecule has 72 valence electrons. The molecule has 1 amide bonds. The van der Waals surface area contributed by atoms with Gasteiger partial charge in [-0.2, -0.15) is 0 Å². The van der Waals surface area contributed by atoms with Gasteiger partial charge in [-0.3, -0.25) is 9.69 Å². The smallest absolute Gasteiger partial charge is 0.408 e. The average molecular weight is 206 g/mol. The molecule has 2 aliphatic heterocycles. The molecule has 0 saturated carbocycles. The van der Waals surface area contributed by atoms with E-state index in [0.29, 0.717) is 0 Å². The van der Waals surface area contributed by atoms with Gasteiger partial charge >= 0.3 is 6.09 Å². The second-order valence-corrected chi connectivity index (χ2v) is 3.70. The Bertz CT molecular complexity index is 269. The topological polar surface area (TPSA) is 66.8 Å². The molecule has 0 aromatic rings. The molecule has 3 unspecified atom stereocenters. The number of alkyl halides is 1. The van der Waals surface area contributed by atoms with Gasteiger partial charge in [-0.05, 0) is 0 Å². The molecule has 6 heteroatoms. The van der Waals surface area contributed by atoms with Crippen LogP contribution in [0, 0.1) is 0 Å². The van der Waals surface area contributed by atoms with Crippen molar-refractivity contribution in [1.82, 2.24) is 4.90 Å². The van der Waals surface area contributed by atoms with Gasteiger partial charge in [-0.1, -0.05) is 0 Å². The second kappa shape index (κ2) is 2.85. The van der Waals surface area contributed by atoms with Gasteiger partial charge in [0, 0.05) is 6.54 Å². The summed E-state index contributed by atoms with van der Waals surface area (Å²) >= 11 is 5.84. The summed E-state index contributed by atoms with van der Waals surface area (Å²) in [6.45, 7) is 0.139. The minimum absolute atomic E-state index is 0.0255. The lowest BCUT2D eigenvalue weighted by Crippen LogP contribution is -2.41. The van der Waals surface area contributed by atoms with Crippen molar-refractivity contribution in [2.45, 2.75) is 17.5 Å². The molecule has 13 heavy (non-hydrogen) atoms. The quantitative estimate of drug-likeness (QED) is 0.562. The lowest BCUT2D eigenvalue weighted by atomic mass is 10.1. The number of amides is 1. The first-order valence-corrected chi connectivity index (χ1v) is 4.33. The Morgan fingerprint density at radius 3 is 3.00 bits per heavy atom. The number of carboxylic acid groups (broad SMARTS) is 1. The first-order valence-electron chi connectivity index (χ1n) is 3.89. The molecule has 2 rings (SSSR count). The molecule has 0 bridgehead atoms. The van der Waals surface area contributed by atoms with Crippen molar-refractivity contribution in [2.24, 2.45) is 0 Å². The summed E-state index contributed by atoms with van der Waals surface area (Å²) in [5, 5.41) is 8.35. The van der Waals surface area contributed by atoms with Crippen LogP contribution in [0.15, 0.2) is 0 Å². The van der Waals surface area contributed by atoms with Crippen LogP contribution < -0.4 is 0 Å². The van der Waals surface area contributed by atoms with Crippen molar-refractivity contribution in [3.8, 4) is 0 Å². The third kappa shape index (κ3) is 1.19. The van der Waals surface area contributed by atoms with Crippen molar-refractivity contribution >= 4 is 23.5 Å².